The van der Waals surface area contributed by atoms with E-state index in [4.69, 9.17) is 4.74 Å². The summed E-state index contributed by atoms with van der Waals surface area (Å²) in [5.41, 5.74) is 2.13. The number of ether oxygens (including phenoxy) is 1. The van der Waals surface area contributed by atoms with E-state index in [1.807, 2.05) is 18.7 Å². The molecule has 1 saturated heterocycles. The molecule has 21 heavy (non-hydrogen) atoms. The standard InChI is InChI=1S/C15H22N4O2/c1-11-13-3-4-14(20)19(15(13)17-12(2)16-11)6-5-18-7-9-21-10-8-18/h3-10H2,1-2H3. The molecule has 114 valence electrons. The summed E-state index contributed by atoms with van der Waals surface area (Å²) < 4.78 is 5.36. The van der Waals surface area contributed by atoms with Gasteiger partial charge in [-0.1, -0.05) is 0 Å². The third kappa shape index (κ3) is 3.06. The average molecular weight is 290 g/mol. The van der Waals surface area contributed by atoms with E-state index >= 15 is 0 Å². The maximum absolute atomic E-state index is 12.3. The van der Waals surface area contributed by atoms with Crippen molar-refractivity contribution in [3.8, 4) is 0 Å². The fraction of sp³-hybridized carbons (Fsp3) is 0.667. The molecule has 1 fully saturated rings. The molecule has 6 nitrogen and oxygen atoms in total. The lowest BCUT2D eigenvalue weighted by Crippen LogP contribution is -2.45. The summed E-state index contributed by atoms with van der Waals surface area (Å²) in [4.78, 5) is 25.4. The first-order chi connectivity index (χ1) is 10.1. The summed E-state index contributed by atoms with van der Waals surface area (Å²) in [7, 11) is 0. The summed E-state index contributed by atoms with van der Waals surface area (Å²) in [6, 6.07) is 0. The Kier molecular flexibility index (Phi) is 4.17. The predicted molar refractivity (Wildman–Crippen MR) is 79.4 cm³/mol. The van der Waals surface area contributed by atoms with Crippen molar-refractivity contribution in [2.75, 3.05) is 44.3 Å². The Morgan fingerprint density at radius 1 is 1.10 bits per heavy atom. The van der Waals surface area contributed by atoms with Gasteiger partial charge in [-0.25, -0.2) is 9.97 Å². The van der Waals surface area contributed by atoms with Crippen molar-refractivity contribution in [1.29, 1.82) is 0 Å². The number of nitrogens with zero attached hydrogens (tertiary/aromatic N) is 4. The Morgan fingerprint density at radius 2 is 1.86 bits per heavy atom. The fourth-order valence-corrected chi connectivity index (χ4v) is 3.02. The first kappa shape index (κ1) is 14.4. The molecule has 3 heterocycles. The molecule has 0 unspecified atom stereocenters. The molecule has 0 N–H and O–H groups in total. The van der Waals surface area contributed by atoms with Crippen molar-refractivity contribution in [2.24, 2.45) is 0 Å². The van der Waals surface area contributed by atoms with Gasteiger partial charge in [0.1, 0.15) is 11.6 Å². The van der Waals surface area contributed by atoms with Crippen molar-refractivity contribution >= 4 is 11.7 Å². The second kappa shape index (κ2) is 6.07. The van der Waals surface area contributed by atoms with Gasteiger partial charge in [-0.15, -0.1) is 0 Å². The second-order valence-electron chi connectivity index (χ2n) is 5.66. The smallest absolute Gasteiger partial charge is 0.228 e. The highest BCUT2D eigenvalue weighted by molar-refractivity contribution is 5.95. The molecule has 0 atom stereocenters. The molecule has 0 saturated carbocycles. The Labute approximate surface area is 125 Å². The number of carbonyl (C=O) groups excluding carboxylic acids is 1. The van der Waals surface area contributed by atoms with Crippen LogP contribution in [0.4, 0.5) is 5.82 Å². The monoisotopic (exact) mass is 290 g/mol. The number of hydrogen-bond acceptors (Lipinski definition) is 5. The molecule has 6 heteroatoms. The lowest BCUT2D eigenvalue weighted by Gasteiger charge is -2.32. The number of aryl methyl sites for hydroxylation is 2. The highest BCUT2D eigenvalue weighted by Gasteiger charge is 2.27. The predicted octanol–water partition coefficient (Wildman–Crippen LogP) is 0.705. The van der Waals surface area contributed by atoms with E-state index in [9.17, 15) is 4.79 Å². The minimum Gasteiger partial charge on any atom is -0.379 e. The average Bonchev–Trinajstić information content (AvgIpc) is 2.47. The van der Waals surface area contributed by atoms with Gasteiger partial charge in [0.2, 0.25) is 5.91 Å². The van der Waals surface area contributed by atoms with Gasteiger partial charge in [-0.05, 0) is 20.3 Å². The molecule has 3 rings (SSSR count). The third-order valence-electron chi connectivity index (χ3n) is 4.19. The van der Waals surface area contributed by atoms with Crippen LogP contribution >= 0.6 is 0 Å². The quantitative estimate of drug-likeness (QED) is 0.820. The van der Waals surface area contributed by atoms with Crippen LogP contribution in [0, 0.1) is 13.8 Å². The number of amides is 1. The molecule has 0 bridgehead atoms. The van der Waals surface area contributed by atoms with Crippen LogP contribution in [0.25, 0.3) is 0 Å². The zero-order chi connectivity index (χ0) is 14.8. The number of carbonyl (C=O) groups is 1. The van der Waals surface area contributed by atoms with Crippen molar-refractivity contribution in [3.05, 3.63) is 17.1 Å². The molecule has 0 radical (unpaired) electrons. The van der Waals surface area contributed by atoms with E-state index in [0.717, 1.165) is 62.2 Å². The minimum atomic E-state index is 0.174. The summed E-state index contributed by atoms with van der Waals surface area (Å²) in [5, 5.41) is 0. The number of rotatable bonds is 3. The summed E-state index contributed by atoms with van der Waals surface area (Å²) in [5.74, 6) is 1.73. The first-order valence-corrected chi connectivity index (χ1v) is 7.60. The Balaban J connectivity index is 1.77. The van der Waals surface area contributed by atoms with Crippen LogP contribution < -0.4 is 4.90 Å². The van der Waals surface area contributed by atoms with E-state index in [1.54, 1.807) is 0 Å². The number of anilines is 1. The van der Waals surface area contributed by atoms with Crippen LogP contribution in [-0.4, -0.2) is 60.2 Å². The van der Waals surface area contributed by atoms with Crippen molar-refractivity contribution in [3.63, 3.8) is 0 Å². The molecule has 1 aromatic heterocycles. The number of hydrogen-bond donors (Lipinski definition) is 0. The van der Waals surface area contributed by atoms with Crippen molar-refractivity contribution < 1.29 is 9.53 Å². The van der Waals surface area contributed by atoms with Gasteiger partial charge in [0.15, 0.2) is 0 Å². The van der Waals surface area contributed by atoms with Crippen LogP contribution in [0.2, 0.25) is 0 Å². The molecule has 0 aromatic carbocycles. The van der Waals surface area contributed by atoms with Crippen molar-refractivity contribution in [2.45, 2.75) is 26.7 Å². The van der Waals surface area contributed by atoms with Gasteiger partial charge >= 0.3 is 0 Å². The van der Waals surface area contributed by atoms with E-state index < -0.39 is 0 Å². The van der Waals surface area contributed by atoms with E-state index in [2.05, 4.69) is 14.9 Å². The number of fused-ring (bicyclic) bond motifs is 1. The van der Waals surface area contributed by atoms with Crippen LogP contribution in [0.3, 0.4) is 0 Å². The lowest BCUT2D eigenvalue weighted by atomic mass is 10.0. The molecular weight excluding hydrogens is 268 g/mol. The Morgan fingerprint density at radius 3 is 2.62 bits per heavy atom. The van der Waals surface area contributed by atoms with E-state index in [1.165, 1.54) is 0 Å². The third-order valence-corrected chi connectivity index (χ3v) is 4.19. The molecule has 0 aliphatic carbocycles. The van der Waals surface area contributed by atoms with Crippen LogP contribution in [0.1, 0.15) is 23.5 Å². The molecule has 1 aromatic rings. The minimum absolute atomic E-state index is 0.174. The Hall–Kier alpha value is -1.53. The van der Waals surface area contributed by atoms with Gasteiger partial charge in [-0.3, -0.25) is 14.6 Å². The molecular formula is C15H22N4O2. The molecule has 2 aliphatic rings. The van der Waals surface area contributed by atoms with Crippen LogP contribution in [0.5, 0.6) is 0 Å². The van der Waals surface area contributed by atoms with Crippen molar-refractivity contribution in [1.82, 2.24) is 14.9 Å². The summed E-state index contributed by atoms with van der Waals surface area (Å²) in [6.45, 7) is 8.90. The van der Waals surface area contributed by atoms with Gasteiger partial charge in [-0.2, -0.15) is 0 Å². The zero-order valence-corrected chi connectivity index (χ0v) is 12.8. The van der Waals surface area contributed by atoms with Crippen LogP contribution in [0.15, 0.2) is 0 Å². The van der Waals surface area contributed by atoms with Gasteiger partial charge in [0, 0.05) is 43.9 Å². The summed E-state index contributed by atoms with van der Waals surface area (Å²) >= 11 is 0. The van der Waals surface area contributed by atoms with Gasteiger partial charge < -0.3 is 4.74 Å². The zero-order valence-electron chi connectivity index (χ0n) is 12.8. The highest BCUT2D eigenvalue weighted by Crippen LogP contribution is 2.27. The topological polar surface area (TPSA) is 58.6 Å². The lowest BCUT2D eigenvalue weighted by molar-refractivity contribution is -0.119. The second-order valence-corrected chi connectivity index (χ2v) is 5.66. The molecule has 0 spiro atoms. The number of morpholine rings is 1. The largest absolute Gasteiger partial charge is 0.379 e. The molecule has 1 amide bonds. The fourth-order valence-electron chi connectivity index (χ4n) is 3.02. The van der Waals surface area contributed by atoms with E-state index in [-0.39, 0.29) is 5.91 Å². The SMILES string of the molecule is Cc1nc(C)c2c(n1)N(CCN1CCOCC1)C(=O)CC2. The van der Waals surface area contributed by atoms with Gasteiger partial charge in [0.05, 0.1) is 13.2 Å². The number of aromatic nitrogens is 2. The van der Waals surface area contributed by atoms with E-state index in [0.29, 0.717) is 13.0 Å². The summed E-state index contributed by atoms with van der Waals surface area (Å²) in [6.07, 6.45) is 1.32. The molecule has 2 aliphatic heterocycles. The first-order valence-electron chi connectivity index (χ1n) is 7.60. The maximum atomic E-state index is 12.3. The van der Waals surface area contributed by atoms with Crippen LogP contribution in [-0.2, 0) is 16.0 Å². The van der Waals surface area contributed by atoms with Gasteiger partial charge in [0.25, 0.3) is 0 Å². The normalized spacial score (nSPS) is 19.7. The highest BCUT2D eigenvalue weighted by atomic mass is 16.5. The maximum Gasteiger partial charge on any atom is 0.228 e. The Bertz CT molecular complexity index is 541.